The standard InChI is InChI=1S/C18H19ClF2N2O3S/c1-12(13-6-7-16(20)17(21)10-13)23(2)18(24)8-9-22-27(25,26)15-5-3-4-14(19)11-15/h3-7,10-12,22H,8-9H2,1-2H3. The lowest BCUT2D eigenvalue weighted by Crippen LogP contribution is -2.33. The highest BCUT2D eigenvalue weighted by molar-refractivity contribution is 7.89. The second-order valence-corrected chi connectivity index (χ2v) is 8.16. The van der Waals surface area contributed by atoms with Crippen molar-refractivity contribution in [3.05, 3.63) is 64.7 Å². The zero-order valence-electron chi connectivity index (χ0n) is 14.7. The number of halogens is 3. The summed E-state index contributed by atoms with van der Waals surface area (Å²) in [5, 5.41) is 0.286. The van der Waals surface area contributed by atoms with E-state index in [9.17, 15) is 22.0 Å². The Labute approximate surface area is 162 Å². The summed E-state index contributed by atoms with van der Waals surface area (Å²) in [6.07, 6.45) is -0.0929. The van der Waals surface area contributed by atoms with Crippen molar-refractivity contribution in [2.45, 2.75) is 24.3 Å². The Balaban J connectivity index is 1.95. The number of rotatable bonds is 7. The second kappa shape index (κ2) is 8.77. The van der Waals surface area contributed by atoms with Gasteiger partial charge in [-0.25, -0.2) is 21.9 Å². The third-order valence-corrected chi connectivity index (χ3v) is 5.83. The average Bonchev–Trinajstić information content (AvgIpc) is 2.62. The number of amides is 1. The van der Waals surface area contributed by atoms with Crippen LogP contribution in [-0.4, -0.2) is 32.8 Å². The van der Waals surface area contributed by atoms with Gasteiger partial charge in [0.05, 0.1) is 10.9 Å². The normalized spacial score (nSPS) is 12.6. The van der Waals surface area contributed by atoms with Crippen molar-refractivity contribution < 1.29 is 22.0 Å². The topological polar surface area (TPSA) is 66.5 Å². The van der Waals surface area contributed by atoms with E-state index in [1.54, 1.807) is 13.0 Å². The van der Waals surface area contributed by atoms with E-state index in [0.717, 1.165) is 12.1 Å². The van der Waals surface area contributed by atoms with E-state index in [4.69, 9.17) is 11.6 Å². The maximum Gasteiger partial charge on any atom is 0.240 e. The third-order valence-electron chi connectivity index (χ3n) is 4.14. The molecule has 2 rings (SSSR count). The summed E-state index contributed by atoms with van der Waals surface area (Å²) in [4.78, 5) is 13.6. The summed E-state index contributed by atoms with van der Waals surface area (Å²) in [6, 6.07) is 8.70. The zero-order chi connectivity index (χ0) is 20.2. The van der Waals surface area contributed by atoms with Gasteiger partial charge in [-0.05, 0) is 42.8 Å². The minimum Gasteiger partial charge on any atom is -0.339 e. The largest absolute Gasteiger partial charge is 0.339 e. The molecule has 1 unspecified atom stereocenters. The Morgan fingerprint density at radius 1 is 1.19 bits per heavy atom. The van der Waals surface area contributed by atoms with Crippen LogP contribution < -0.4 is 4.72 Å². The molecule has 0 aromatic heterocycles. The van der Waals surface area contributed by atoms with E-state index in [0.29, 0.717) is 5.56 Å². The van der Waals surface area contributed by atoms with Gasteiger partial charge in [0.1, 0.15) is 0 Å². The number of hydrogen-bond acceptors (Lipinski definition) is 3. The molecule has 0 aliphatic rings. The Bertz CT molecular complexity index is 938. The van der Waals surface area contributed by atoms with E-state index in [-0.39, 0.29) is 28.8 Å². The minimum atomic E-state index is -3.78. The van der Waals surface area contributed by atoms with Crippen LogP contribution in [-0.2, 0) is 14.8 Å². The number of benzene rings is 2. The first-order valence-electron chi connectivity index (χ1n) is 8.07. The summed E-state index contributed by atoms with van der Waals surface area (Å²) >= 11 is 5.79. The molecule has 1 atom stereocenters. The van der Waals surface area contributed by atoms with Gasteiger partial charge < -0.3 is 4.90 Å². The molecule has 2 aromatic carbocycles. The van der Waals surface area contributed by atoms with Gasteiger partial charge in [-0.3, -0.25) is 4.79 Å². The Hall–Kier alpha value is -2.03. The molecule has 5 nitrogen and oxygen atoms in total. The summed E-state index contributed by atoms with van der Waals surface area (Å²) < 4.78 is 53.1. The molecular formula is C18H19ClF2N2O3S. The summed E-state index contributed by atoms with van der Waals surface area (Å²) in [5.41, 5.74) is 0.434. The molecule has 0 saturated heterocycles. The van der Waals surface area contributed by atoms with Gasteiger partial charge in [0.15, 0.2) is 11.6 Å². The molecule has 1 N–H and O–H groups in total. The van der Waals surface area contributed by atoms with Crippen molar-refractivity contribution in [3.63, 3.8) is 0 Å². The number of nitrogens with one attached hydrogen (secondary N) is 1. The molecule has 0 bridgehead atoms. The van der Waals surface area contributed by atoms with Gasteiger partial charge in [-0.2, -0.15) is 0 Å². The molecule has 1 amide bonds. The molecule has 0 heterocycles. The molecule has 146 valence electrons. The van der Waals surface area contributed by atoms with E-state index >= 15 is 0 Å². The number of hydrogen-bond donors (Lipinski definition) is 1. The summed E-state index contributed by atoms with van der Waals surface area (Å²) in [5.74, 6) is -2.30. The molecule has 0 spiro atoms. The van der Waals surface area contributed by atoms with Crippen molar-refractivity contribution >= 4 is 27.5 Å². The Morgan fingerprint density at radius 2 is 1.89 bits per heavy atom. The average molecular weight is 417 g/mol. The van der Waals surface area contributed by atoms with E-state index in [1.165, 1.54) is 36.2 Å². The maximum atomic E-state index is 13.4. The van der Waals surface area contributed by atoms with Gasteiger partial charge in [-0.15, -0.1) is 0 Å². The van der Waals surface area contributed by atoms with Gasteiger partial charge in [-0.1, -0.05) is 23.7 Å². The molecule has 0 saturated carbocycles. The smallest absolute Gasteiger partial charge is 0.240 e. The molecule has 0 aliphatic heterocycles. The van der Waals surface area contributed by atoms with Crippen LogP contribution in [0.15, 0.2) is 47.4 Å². The molecular weight excluding hydrogens is 398 g/mol. The second-order valence-electron chi connectivity index (χ2n) is 5.96. The predicted octanol–water partition coefficient (Wildman–Crippen LogP) is 3.51. The van der Waals surface area contributed by atoms with Crippen LogP contribution in [0.1, 0.15) is 24.9 Å². The monoisotopic (exact) mass is 416 g/mol. The maximum absolute atomic E-state index is 13.4. The van der Waals surface area contributed by atoms with Crippen LogP contribution in [0.2, 0.25) is 5.02 Å². The van der Waals surface area contributed by atoms with Crippen LogP contribution >= 0.6 is 11.6 Å². The van der Waals surface area contributed by atoms with E-state index in [2.05, 4.69) is 4.72 Å². The highest BCUT2D eigenvalue weighted by Gasteiger charge is 2.20. The Morgan fingerprint density at radius 3 is 2.52 bits per heavy atom. The van der Waals surface area contributed by atoms with Crippen LogP contribution in [0, 0.1) is 11.6 Å². The summed E-state index contributed by atoms with van der Waals surface area (Å²) in [6.45, 7) is 1.56. The molecule has 2 aromatic rings. The SMILES string of the molecule is CC(c1ccc(F)c(F)c1)N(C)C(=O)CCNS(=O)(=O)c1cccc(Cl)c1. The van der Waals surface area contributed by atoms with Crippen LogP contribution in [0.3, 0.4) is 0 Å². The molecule has 0 fully saturated rings. The van der Waals surface area contributed by atoms with E-state index < -0.39 is 27.7 Å². The lowest BCUT2D eigenvalue weighted by molar-refractivity contribution is -0.131. The molecule has 0 radical (unpaired) electrons. The number of nitrogens with zero attached hydrogens (tertiary/aromatic N) is 1. The van der Waals surface area contributed by atoms with Crippen LogP contribution in [0.25, 0.3) is 0 Å². The van der Waals surface area contributed by atoms with Gasteiger partial charge in [0.2, 0.25) is 15.9 Å². The number of carbonyl (C=O) groups excluding carboxylic acids is 1. The van der Waals surface area contributed by atoms with Crippen molar-refractivity contribution in [2.24, 2.45) is 0 Å². The first kappa shape index (κ1) is 21.3. The predicted molar refractivity (Wildman–Crippen MR) is 98.8 cm³/mol. The van der Waals surface area contributed by atoms with Gasteiger partial charge in [0.25, 0.3) is 0 Å². The zero-order valence-corrected chi connectivity index (χ0v) is 16.3. The fourth-order valence-electron chi connectivity index (χ4n) is 2.40. The van der Waals surface area contributed by atoms with Crippen LogP contribution in [0.4, 0.5) is 8.78 Å². The highest BCUT2D eigenvalue weighted by atomic mass is 35.5. The lowest BCUT2D eigenvalue weighted by atomic mass is 10.1. The first-order valence-corrected chi connectivity index (χ1v) is 9.94. The molecule has 9 heteroatoms. The highest BCUT2D eigenvalue weighted by Crippen LogP contribution is 2.21. The van der Waals surface area contributed by atoms with Crippen LogP contribution in [0.5, 0.6) is 0 Å². The minimum absolute atomic E-state index is 0.00552. The number of carbonyl (C=O) groups is 1. The van der Waals surface area contributed by atoms with Crippen molar-refractivity contribution in [2.75, 3.05) is 13.6 Å². The number of sulfonamides is 1. The van der Waals surface area contributed by atoms with Crippen molar-refractivity contribution in [1.82, 2.24) is 9.62 Å². The third kappa shape index (κ3) is 5.47. The van der Waals surface area contributed by atoms with Gasteiger partial charge >= 0.3 is 0 Å². The molecule has 0 aliphatic carbocycles. The quantitative estimate of drug-likeness (QED) is 0.751. The lowest BCUT2D eigenvalue weighted by Gasteiger charge is -2.25. The van der Waals surface area contributed by atoms with Crippen molar-refractivity contribution in [1.29, 1.82) is 0 Å². The van der Waals surface area contributed by atoms with Gasteiger partial charge in [0, 0.05) is 25.0 Å². The summed E-state index contributed by atoms with van der Waals surface area (Å²) in [7, 11) is -2.27. The van der Waals surface area contributed by atoms with E-state index in [1.807, 2.05) is 0 Å². The fraction of sp³-hybridized carbons (Fsp3) is 0.278. The fourth-order valence-corrected chi connectivity index (χ4v) is 3.73. The Kier molecular flexibility index (Phi) is 6.91. The molecule has 27 heavy (non-hydrogen) atoms. The first-order chi connectivity index (χ1) is 12.6. The van der Waals surface area contributed by atoms with Crippen molar-refractivity contribution in [3.8, 4) is 0 Å².